The number of pyridine rings is 1. The van der Waals surface area contributed by atoms with E-state index >= 15 is 0 Å². The molecule has 0 spiro atoms. The van der Waals surface area contributed by atoms with Crippen LogP contribution in [0.25, 0.3) is 5.65 Å². The van der Waals surface area contributed by atoms with E-state index in [1.165, 1.54) is 10.7 Å². The number of nitrogens with one attached hydrogen (secondary N) is 1. The molecule has 0 saturated heterocycles. The molecule has 0 aliphatic heterocycles. The van der Waals surface area contributed by atoms with Crippen LogP contribution >= 0.6 is 0 Å². The van der Waals surface area contributed by atoms with Gasteiger partial charge in [-0.3, -0.25) is 0 Å². The lowest BCUT2D eigenvalue weighted by atomic mass is 10.2. The van der Waals surface area contributed by atoms with Gasteiger partial charge < -0.3 is 24.3 Å². The van der Waals surface area contributed by atoms with Gasteiger partial charge in [-0.15, -0.1) is 0 Å². The number of hydrogen-bond donors (Lipinski definition) is 1. The third-order valence-corrected chi connectivity index (χ3v) is 5.08. The highest BCUT2D eigenvalue weighted by molar-refractivity contribution is 6.10. The number of nitrogens with zero attached hydrogens (tertiary/aromatic N) is 5. The van der Waals surface area contributed by atoms with Crippen molar-refractivity contribution >= 4 is 41.1 Å². The largest absolute Gasteiger partial charge is 0.473 e. The molecule has 0 unspecified atom stereocenters. The number of carbonyl (C=O) groups excluding carboxylic acids is 3. The second-order valence-electron chi connectivity index (χ2n) is 11.4. The molecule has 3 aromatic rings. The van der Waals surface area contributed by atoms with E-state index in [-0.39, 0.29) is 35.6 Å². The van der Waals surface area contributed by atoms with Crippen LogP contribution in [0.15, 0.2) is 24.5 Å². The Morgan fingerprint density at radius 3 is 2.20 bits per heavy atom. The zero-order valence-electron chi connectivity index (χ0n) is 25.2. The molecule has 0 aromatic carbocycles. The molecule has 0 fully saturated rings. The van der Waals surface area contributed by atoms with Crippen LogP contribution in [-0.2, 0) is 14.2 Å². The molecule has 1 N–H and O–H groups in total. The van der Waals surface area contributed by atoms with Gasteiger partial charge in [0.1, 0.15) is 28.3 Å². The Morgan fingerprint density at radius 1 is 1.05 bits per heavy atom. The number of rotatable bonds is 7. The van der Waals surface area contributed by atoms with Crippen LogP contribution in [0.1, 0.15) is 78.2 Å². The molecule has 0 bridgehead atoms. The Hall–Kier alpha value is -4.42. The summed E-state index contributed by atoms with van der Waals surface area (Å²) in [5.41, 5.74) is -1.07. The predicted octanol–water partition coefficient (Wildman–Crippen LogP) is 5.82. The van der Waals surface area contributed by atoms with E-state index in [2.05, 4.69) is 20.4 Å². The molecule has 0 saturated carbocycles. The van der Waals surface area contributed by atoms with Crippen molar-refractivity contribution < 1.29 is 33.3 Å². The van der Waals surface area contributed by atoms with Crippen molar-refractivity contribution in [1.82, 2.24) is 19.6 Å². The van der Waals surface area contributed by atoms with Crippen molar-refractivity contribution in [1.29, 1.82) is 0 Å². The molecule has 41 heavy (non-hydrogen) atoms. The first kappa shape index (κ1) is 31.1. The molecular formula is C28H38N6O7. The van der Waals surface area contributed by atoms with E-state index in [0.29, 0.717) is 17.1 Å². The molecule has 2 amide bonds. The van der Waals surface area contributed by atoms with Gasteiger partial charge in [0.05, 0.1) is 18.9 Å². The van der Waals surface area contributed by atoms with Gasteiger partial charge in [-0.1, -0.05) is 0 Å². The SMILES string of the molecule is CCOC(=O)c1cnn2c(N(C(=O)OC(C)(C)C)C(=O)OC(C)(C)C)c(C)c(Nc3cccnc3OC(C)C)nc12. The molecule has 3 aromatic heterocycles. The van der Waals surface area contributed by atoms with Crippen LogP contribution in [0.3, 0.4) is 0 Å². The minimum Gasteiger partial charge on any atom is -0.473 e. The lowest BCUT2D eigenvalue weighted by Gasteiger charge is -2.29. The van der Waals surface area contributed by atoms with Crippen molar-refractivity contribution in [3.63, 3.8) is 0 Å². The van der Waals surface area contributed by atoms with E-state index in [0.717, 1.165) is 4.90 Å². The minimum absolute atomic E-state index is 0.0225. The average Bonchev–Trinajstić information content (AvgIpc) is 3.23. The van der Waals surface area contributed by atoms with E-state index in [1.54, 1.807) is 73.7 Å². The molecule has 0 radical (unpaired) electrons. The first-order chi connectivity index (χ1) is 19.0. The molecule has 0 atom stereocenters. The van der Waals surface area contributed by atoms with Gasteiger partial charge in [0, 0.05) is 11.8 Å². The summed E-state index contributed by atoms with van der Waals surface area (Å²) in [6.07, 6.45) is 0.656. The van der Waals surface area contributed by atoms with Gasteiger partial charge in [0.2, 0.25) is 5.88 Å². The second-order valence-corrected chi connectivity index (χ2v) is 11.4. The maximum Gasteiger partial charge on any atom is 0.425 e. The molecule has 222 valence electrons. The fourth-order valence-electron chi connectivity index (χ4n) is 3.59. The summed E-state index contributed by atoms with van der Waals surface area (Å²) < 4.78 is 23.4. The summed E-state index contributed by atoms with van der Waals surface area (Å²) >= 11 is 0. The summed E-state index contributed by atoms with van der Waals surface area (Å²) in [5.74, 6) is -0.230. The van der Waals surface area contributed by atoms with Crippen LogP contribution in [0, 0.1) is 6.92 Å². The summed E-state index contributed by atoms with van der Waals surface area (Å²) in [6, 6.07) is 3.44. The third kappa shape index (κ3) is 7.62. The van der Waals surface area contributed by atoms with E-state index in [9.17, 15) is 14.4 Å². The Labute approximate surface area is 239 Å². The number of esters is 1. The number of fused-ring (bicyclic) bond motifs is 1. The van der Waals surface area contributed by atoms with Crippen molar-refractivity contribution in [3.8, 4) is 5.88 Å². The van der Waals surface area contributed by atoms with E-state index in [4.69, 9.17) is 18.9 Å². The number of anilines is 3. The predicted molar refractivity (Wildman–Crippen MR) is 152 cm³/mol. The highest BCUT2D eigenvalue weighted by atomic mass is 16.6. The van der Waals surface area contributed by atoms with Gasteiger partial charge in [-0.05, 0) is 81.4 Å². The Balaban J connectivity index is 2.33. The maximum absolute atomic E-state index is 13.6. The van der Waals surface area contributed by atoms with Crippen LogP contribution in [0.5, 0.6) is 5.88 Å². The Bertz CT molecular complexity index is 1410. The van der Waals surface area contributed by atoms with Gasteiger partial charge >= 0.3 is 18.2 Å². The van der Waals surface area contributed by atoms with Crippen molar-refractivity contribution in [2.45, 2.75) is 86.5 Å². The number of amides is 2. The molecule has 3 rings (SSSR count). The lowest BCUT2D eigenvalue weighted by Crippen LogP contribution is -2.45. The van der Waals surface area contributed by atoms with Crippen LogP contribution in [0.2, 0.25) is 0 Å². The van der Waals surface area contributed by atoms with Gasteiger partial charge in [-0.25, -0.2) is 24.4 Å². The lowest BCUT2D eigenvalue weighted by molar-refractivity contribution is 0.0426. The van der Waals surface area contributed by atoms with Crippen LogP contribution < -0.4 is 15.0 Å². The minimum atomic E-state index is -1.01. The summed E-state index contributed by atoms with van der Waals surface area (Å²) in [4.78, 5) is 49.6. The third-order valence-electron chi connectivity index (χ3n) is 5.08. The van der Waals surface area contributed by atoms with E-state index in [1.807, 2.05) is 13.8 Å². The highest BCUT2D eigenvalue weighted by Crippen LogP contribution is 2.34. The van der Waals surface area contributed by atoms with Crippen LogP contribution in [-0.4, -0.2) is 61.7 Å². The van der Waals surface area contributed by atoms with Gasteiger partial charge in [0.25, 0.3) is 0 Å². The maximum atomic E-state index is 13.6. The number of aromatic nitrogens is 4. The van der Waals surface area contributed by atoms with Crippen molar-refractivity contribution in [2.75, 3.05) is 16.8 Å². The van der Waals surface area contributed by atoms with Crippen molar-refractivity contribution in [3.05, 3.63) is 35.7 Å². The Kier molecular flexibility index (Phi) is 9.09. The first-order valence-electron chi connectivity index (χ1n) is 13.2. The topological polar surface area (TPSA) is 146 Å². The normalized spacial score (nSPS) is 11.8. The average molecular weight is 571 g/mol. The van der Waals surface area contributed by atoms with Crippen molar-refractivity contribution in [2.24, 2.45) is 0 Å². The Morgan fingerprint density at radius 2 is 1.66 bits per heavy atom. The molecule has 13 heteroatoms. The molecule has 0 aliphatic carbocycles. The summed E-state index contributed by atoms with van der Waals surface area (Å²) in [5, 5.41) is 7.47. The molecule has 13 nitrogen and oxygen atoms in total. The molecule has 0 aliphatic rings. The zero-order chi connectivity index (χ0) is 30.7. The van der Waals surface area contributed by atoms with Gasteiger partial charge in [-0.2, -0.15) is 14.5 Å². The smallest absolute Gasteiger partial charge is 0.425 e. The first-order valence-corrected chi connectivity index (χ1v) is 13.2. The molecule has 3 heterocycles. The quantitative estimate of drug-likeness (QED) is 0.271. The second kappa shape index (κ2) is 12.0. The van der Waals surface area contributed by atoms with Gasteiger partial charge in [0.15, 0.2) is 11.5 Å². The number of imide groups is 1. The number of carbonyl (C=O) groups is 3. The van der Waals surface area contributed by atoms with Crippen LogP contribution in [0.4, 0.5) is 26.9 Å². The zero-order valence-corrected chi connectivity index (χ0v) is 25.2. The summed E-state index contributed by atoms with van der Waals surface area (Å²) in [6.45, 7) is 17.2. The monoisotopic (exact) mass is 570 g/mol. The standard InChI is InChI=1S/C28H38N6O7/c1-11-38-24(35)18-15-30-34-21(18)32-20(31-19-13-12-14-29-22(19)39-16(2)3)17(4)23(34)33(25(36)40-27(5,6)7)26(37)41-28(8,9)10/h12-16H,11H2,1-10H3,(H,31,32). The number of ether oxygens (including phenoxy) is 4. The fraction of sp³-hybridized carbons (Fsp3) is 0.500. The molecular weight excluding hydrogens is 532 g/mol. The highest BCUT2D eigenvalue weighted by Gasteiger charge is 2.37. The fourth-order valence-corrected chi connectivity index (χ4v) is 3.59. The summed E-state index contributed by atoms with van der Waals surface area (Å²) in [7, 11) is 0. The van der Waals surface area contributed by atoms with E-state index < -0.39 is 29.4 Å². The number of hydrogen-bond acceptors (Lipinski definition) is 11.